The van der Waals surface area contributed by atoms with Crippen molar-refractivity contribution >= 4 is 44.7 Å². The number of benzene rings is 5. The number of anilines is 2. The van der Waals surface area contributed by atoms with Gasteiger partial charge >= 0.3 is 0 Å². The van der Waals surface area contributed by atoms with E-state index in [1.807, 2.05) is 26.0 Å². The van der Waals surface area contributed by atoms with E-state index in [9.17, 15) is 19.8 Å². The first kappa shape index (κ1) is 22.9. The molecule has 5 aromatic carbocycles. The van der Waals surface area contributed by atoms with Crippen LogP contribution >= 0.6 is 0 Å². The summed E-state index contributed by atoms with van der Waals surface area (Å²) in [5.41, 5.74) is 3.60. The molecule has 36 heavy (non-hydrogen) atoms. The zero-order valence-electron chi connectivity index (χ0n) is 19.8. The first-order valence-corrected chi connectivity index (χ1v) is 11.5. The van der Waals surface area contributed by atoms with Gasteiger partial charge in [-0.05, 0) is 50.2 Å². The molecule has 0 saturated carbocycles. The number of fused-ring (bicyclic) bond motifs is 2. The molecule has 178 valence electrons. The molecule has 0 saturated heterocycles. The number of rotatable bonds is 4. The molecule has 0 aliphatic heterocycles. The van der Waals surface area contributed by atoms with E-state index in [0.29, 0.717) is 44.0 Å². The molecule has 5 aromatic rings. The molecule has 0 fully saturated rings. The Labute approximate surface area is 207 Å². The second-order valence-electron chi connectivity index (χ2n) is 8.80. The fourth-order valence-electron chi connectivity index (χ4n) is 4.45. The van der Waals surface area contributed by atoms with Gasteiger partial charge in [-0.2, -0.15) is 0 Å². The standard InChI is InChI=1S/C30H24N2O4/c1-17-7-3-9-19(15-17)29(35)31-23-13-5-11-21-25(23)27(33)22-12-6-14-24(26(22)28(21)34)32-30(36)20-10-4-8-18(2)16-20/h3-16,33-34H,1-2H3,(H,31,35)(H,32,36). The average molecular weight is 477 g/mol. The summed E-state index contributed by atoms with van der Waals surface area (Å²) in [5.74, 6) is -0.872. The molecule has 5 rings (SSSR count). The van der Waals surface area contributed by atoms with Crippen molar-refractivity contribution in [2.24, 2.45) is 0 Å². The number of phenols is 2. The molecule has 4 N–H and O–H groups in total. The maximum absolute atomic E-state index is 12.9. The van der Waals surface area contributed by atoms with Crippen LogP contribution in [0.2, 0.25) is 0 Å². The molecule has 0 aliphatic carbocycles. The lowest BCUT2D eigenvalue weighted by Crippen LogP contribution is -2.13. The van der Waals surface area contributed by atoms with Gasteiger partial charge in [0.1, 0.15) is 11.5 Å². The van der Waals surface area contributed by atoms with Crippen LogP contribution in [-0.2, 0) is 0 Å². The van der Waals surface area contributed by atoms with Crippen molar-refractivity contribution in [1.29, 1.82) is 0 Å². The minimum atomic E-state index is -0.329. The summed E-state index contributed by atoms with van der Waals surface area (Å²) in [6.07, 6.45) is 0. The van der Waals surface area contributed by atoms with Gasteiger partial charge < -0.3 is 20.8 Å². The maximum Gasteiger partial charge on any atom is 0.255 e. The molecule has 6 heteroatoms. The third-order valence-electron chi connectivity index (χ3n) is 6.17. The first-order valence-electron chi connectivity index (χ1n) is 11.5. The molecule has 0 aliphatic rings. The van der Waals surface area contributed by atoms with Gasteiger partial charge in [-0.1, -0.05) is 59.7 Å². The second-order valence-corrected chi connectivity index (χ2v) is 8.80. The first-order chi connectivity index (χ1) is 17.3. The number of aromatic hydroxyl groups is 2. The van der Waals surface area contributed by atoms with Crippen LogP contribution in [0.3, 0.4) is 0 Å². The minimum Gasteiger partial charge on any atom is -0.507 e. The highest BCUT2D eigenvalue weighted by Crippen LogP contribution is 2.47. The summed E-state index contributed by atoms with van der Waals surface area (Å²) < 4.78 is 0. The van der Waals surface area contributed by atoms with Crippen LogP contribution in [-0.4, -0.2) is 22.0 Å². The molecule has 6 nitrogen and oxygen atoms in total. The second kappa shape index (κ2) is 9.07. The predicted octanol–water partition coefficient (Wildman–Crippen LogP) is 6.53. The van der Waals surface area contributed by atoms with Crippen LogP contribution in [0, 0.1) is 13.8 Å². The minimum absolute atomic E-state index is 0.107. The van der Waals surface area contributed by atoms with E-state index < -0.39 is 0 Å². The largest absolute Gasteiger partial charge is 0.507 e. The van der Waals surface area contributed by atoms with E-state index in [4.69, 9.17) is 0 Å². The normalized spacial score (nSPS) is 10.9. The van der Waals surface area contributed by atoms with Crippen LogP contribution in [0.4, 0.5) is 11.4 Å². The number of carbonyl (C=O) groups is 2. The quantitative estimate of drug-likeness (QED) is 0.175. The van der Waals surface area contributed by atoms with Crippen molar-refractivity contribution < 1.29 is 19.8 Å². The third kappa shape index (κ3) is 4.09. The number of nitrogens with one attached hydrogen (secondary N) is 2. The highest BCUT2D eigenvalue weighted by Gasteiger charge is 2.20. The summed E-state index contributed by atoms with van der Waals surface area (Å²) in [4.78, 5) is 25.8. The molecule has 0 bridgehead atoms. The highest BCUT2D eigenvalue weighted by molar-refractivity contribution is 6.21. The van der Waals surface area contributed by atoms with Crippen LogP contribution in [0.5, 0.6) is 11.5 Å². The van der Waals surface area contributed by atoms with Gasteiger partial charge in [-0.15, -0.1) is 0 Å². The van der Waals surface area contributed by atoms with Crippen LogP contribution in [0.1, 0.15) is 31.8 Å². The summed E-state index contributed by atoms with van der Waals surface area (Å²) in [6.45, 7) is 3.81. The molecule has 0 spiro atoms. The fraction of sp³-hybridized carbons (Fsp3) is 0.0667. The Morgan fingerprint density at radius 2 is 0.972 bits per heavy atom. The van der Waals surface area contributed by atoms with E-state index in [1.54, 1.807) is 72.8 Å². The number of hydrogen-bond donors (Lipinski definition) is 4. The summed E-state index contributed by atoms with van der Waals surface area (Å²) in [7, 11) is 0. The van der Waals surface area contributed by atoms with Crippen molar-refractivity contribution in [3.8, 4) is 11.5 Å². The van der Waals surface area contributed by atoms with Crippen molar-refractivity contribution in [2.45, 2.75) is 13.8 Å². The van der Waals surface area contributed by atoms with Crippen molar-refractivity contribution in [2.75, 3.05) is 10.6 Å². The molecule has 0 unspecified atom stereocenters. The van der Waals surface area contributed by atoms with Crippen LogP contribution in [0.15, 0.2) is 84.9 Å². The van der Waals surface area contributed by atoms with Crippen molar-refractivity contribution in [3.63, 3.8) is 0 Å². The van der Waals surface area contributed by atoms with Gasteiger partial charge in [0.05, 0.1) is 22.1 Å². The Balaban J connectivity index is 1.61. The van der Waals surface area contributed by atoms with E-state index in [0.717, 1.165) is 11.1 Å². The maximum atomic E-state index is 12.9. The van der Waals surface area contributed by atoms with Gasteiger partial charge in [0.25, 0.3) is 11.8 Å². The van der Waals surface area contributed by atoms with Crippen molar-refractivity contribution in [3.05, 3.63) is 107 Å². The highest BCUT2D eigenvalue weighted by atomic mass is 16.3. The molecule has 0 radical (unpaired) electrons. The van der Waals surface area contributed by atoms with Gasteiger partial charge in [0, 0.05) is 21.9 Å². The molecule has 0 aromatic heterocycles. The zero-order valence-corrected chi connectivity index (χ0v) is 19.8. The Bertz CT molecular complexity index is 1550. The topological polar surface area (TPSA) is 98.7 Å². The Morgan fingerprint density at radius 3 is 1.36 bits per heavy atom. The lowest BCUT2D eigenvalue weighted by Gasteiger charge is -2.16. The lowest BCUT2D eigenvalue weighted by atomic mass is 9.97. The number of aryl methyl sites for hydroxylation is 2. The van der Waals surface area contributed by atoms with E-state index in [2.05, 4.69) is 10.6 Å². The Kier molecular flexibility index (Phi) is 5.78. The summed E-state index contributed by atoms with van der Waals surface area (Å²) >= 11 is 0. The average Bonchev–Trinajstić information content (AvgIpc) is 2.87. The van der Waals surface area contributed by atoms with Gasteiger partial charge in [-0.3, -0.25) is 9.59 Å². The number of hydrogen-bond acceptors (Lipinski definition) is 4. The Morgan fingerprint density at radius 1 is 0.583 bits per heavy atom. The van der Waals surface area contributed by atoms with Gasteiger partial charge in [-0.25, -0.2) is 0 Å². The summed E-state index contributed by atoms with van der Waals surface area (Å²) in [6, 6.07) is 24.4. The number of amides is 2. The van der Waals surface area contributed by atoms with E-state index in [-0.39, 0.29) is 23.3 Å². The van der Waals surface area contributed by atoms with Gasteiger partial charge in [0.15, 0.2) is 0 Å². The van der Waals surface area contributed by atoms with Crippen molar-refractivity contribution in [1.82, 2.24) is 0 Å². The lowest BCUT2D eigenvalue weighted by molar-refractivity contribution is 0.101. The molecule has 0 atom stereocenters. The summed E-state index contributed by atoms with van der Waals surface area (Å²) in [5, 5.41) is 29.6. The smallest absolute Gasteiger partial charge is 0.255 e. The van der Waals surface area contributed by atoms with Gasteiger partial charge in [0.2, 0.25) is 0 Å². The molecule has 2 amide bonds. The van der Waals surface area contributed by atoms with Crippen LogP contribution < -0.4 is 10.6 Å². The zero-order chi connectivity index (χ0) is 25.4. The SMILES string of the molecule is Cc1cccc(C(=O)Nc2cccc3c(O)c4c(NC(=O)c5cccc(C)c5)cccc4c(O)c23)c1. The van der Waals surface area contributed by atoms with Crippen LogP contribution in [0.25, 0.3) is 21.5 Å². The molecular weight excluding hydrogens is 452 g/mol. The number of carbonyl (C=O) groups excluding carboxylic acids is 2. The predicted molar refractivity (Wildman–Crippen MR) is 143 cm³/mol. The number of phenolic OH excluding ortho intramolecular Hbond substituents is 2. The fourth-order valence-corrected chi connectivity index (χ4v) is 4.45. The monoisotopic (exact) mass is 476 g/mol. The molecule has 0 heterocycles. The van der Waals surface area contributed by atoms with E-state index >= 15 is 0 Å². The Hall–Kier alpha value is -4.84. The van der Waals surface area contributed by atoms with E-state index in [1.165, 1.54) is 0 Å². The molecular formula is C30H24N2O4. The third-order valence-corrected chi connectivity index (χ3v) is 6.17.